The van der Waals surface area contributed by atoms with Crippen LogP contribution in [-0.2, 0) is 9.53 Å². The van der Waals surface area contributed by atoms with Crippen molar-refractivity contribution in [1.82, 2.24) is 0 Å². The number of carbonyl (C=O) groups excluding carboxylic acids is 1. The van der Waals surface area contributed by atoms with Crippen LogP contribution in [0.25, 0.3) is 0 Å². The number of hydrogen-bond acceptors (Lipinski definition) is 2. The van der Waals surface area contributed by atoms with E-state index in [0.717, 1.165) is 12.8 Å². The molecule has 0 aromatic heterocycles. The predicted octanol–water partition coefficient (Wildman–Crippen LogP) is 2.34. The summed E-state index contributed by atoms with van der Waals surface area (Å²) in [7, 11) is 1.64. The number of hydrogen-bond donors (Lipinski definition) is 0. The van der Waals surface area contributed by atoms with Gasteiger partial charge in [-0.25, -0.2) is 0 Å². The molecule has 0 aromatic carbocycles. The Labute approximate surface area is 85.3 Å². The van der Waals surface area contributed by atoms with E-state index in [0.29, 0.717) is 11.7 Å². The van der Waals surface area contributed by atoms with Crippen LogP contribution in [0.5, 0.6) is 0 Å². The van der Waals surface area contributed by atoms with Gasteiger partial charge in [0, 0.05) is 13.0 Å². The Bertz CT molecular complexity index is 245. The van der Waals surface area contributed by atoms with Crippen molar-refractivity contribution in [2.75, 3.05) is 7.11 Å². The summed E-state index contributed by atoms with van der Waals surface area (Å²) in [6.45, 7) is 0. The molecule has 2 aliphatic rings. The first-order chi connectivity index (χ1) is 6.83. The van der Waals surface area contributed by atoms with Crippen LogP contribution in [-0.4, -0.2) is 19.0 Å². The largest absolute Gasteiger partial charge is 0.373 e. The maximum absolute atomic E-state index is 12.0. The van der Waals surface area contributed by atoms with E-state index in [1.807, 2.05) is 0 Å². The maximum atomic E-state index is 12.0. The minimum Gasteiger partial charge on any atom is -0.373 e. The van der Waals surface area contributed by atoms with E-state index in [1.165, 1.54) is 19.3 Å². The van der Waals surface area contributed by atoms with E-state index >= 15 is 0 Å². The summed E-state index contributed by atoms with van der Waals surface area (Å²) in [4.78, 5) is 12.0. The maximum Gasteiger partial charge on any atom is 0.165 e. The Morgan fingerprint density at radius 2 is 2.14 bits per heavy atom. The Morgan fingerprint density at radius 1 is 1.36 bits per heavy atom. The molecule has 0 unspecified atom stereocenters. The average Bonchev–Trinajstić information content (AvgIpc) is 2.39. The van der Waals surface area contributed by atoms with Crippen molar-refractivity contribution in [2.45, 2.75) is 38.2 Å². The van der Waals surface area contributed by atoms with E-state index in [4.69, 9.17) is 4.74 Å². The van der Waals surface area contributed by atoms with Crippen LogP contribution >= 0.6 is 0 Å². The van der Waals surface area contributed by atoms with Gasteiger partial charge in [0.05, 0.1) is 0 Å². The summed E-state index contributed by atoms with van der Waals surface area (Å²) in [6.07, 6.45) is 9.68. The first-order valence-corrected chi connectivity index (χ1v) is 5.56. The zero-order valence-corrected chi connectivity index (χ0v) is 8.74. The molecular formula is C12H18O2. The van der Waals surface area contributed by atoms with E-state index in [-0.39, 0.29) is 12.0 Å². The van der Waals surface area contributed by atoms with Crippen molar-refractivity contribution < 1.29 is 9.53 Å². The summed E-state index contributed by atoms with van der Waals surface area (Å²) in [5.74, 6) is 1.08. The first kappa shape index (κ1) is 9.91. The lowest BCUT2D eigenvalue weighted by atomic mass is 9.77. The molecule has 0 aliphatic heterocycles. The van der Waals surface area contributed by atoms with Gasteiger partial charge in [0.25, 0.3) is 0 Å². The van der Waals surface area contributed by atoms with Gasteiger partial charge < -0.3 is 4.74 Å². The van der Waals surface area contributed by atoms with Gasteiger partial charge in [-0.2, -0.15) is 0 Å². The SMILES string of the molecule is CO[C@@H]1CC=C[C@H]2CCCC[C@@H]2C1=O. The number of ether oxygens (including phenoxy) is 1. The van der Waals surface area contributed by atoms with Crippen molar-refractivity contribution in [3.8, 4) is 0 Å². The van der Waals surface area contributed by atoms with E-state index in [1.54, 1.807) is 7.11 Å². The number of rotatable bonds is 1. The van der Waals surface area contributed by atoms with E-state index < -0.39 is 0 Å². The van der Waals surface area contributed by atoms with Gasteiger partial charge >= 0.3 is 0 Å². The van der Waals surface area contributed by atoms with Crippen molar-refractivity contribution in [3.05, 3.63) is 12.2 Å². The number of Topliss-reactive ketones (excluding diaryl/α,β-unsaturated/α-hetero) is 1. The quantitative estimate of drug-likeness (QED) is 0.599. The molecule has 78 valence electrons. The first-order valence-electron chi connectivity index (χ1n) is 5.56. The average molecular weight is 194 g/mol. The van der Waals surface area contributed by atoms with Crippen LogP contribution in [0, 0.1) is 11.8 Å². The third-order valence-electron chi connectivity index (χ3n) is 3.52. The monoisotopic (exact) mass is 194 g/mol. The van der Waals surface area contributed by atoms with Crippen molar-refractivity contribution in [1.29, 1.82) is 0 Å². The van der Waals surface area contributed by atoms with E-state index in [9.17, 15) is 4.79 Å². The summed E-state index contributed by atoms with van der Waals surface area (Å²) in [5.41, 5.74) is 0. The van der Waals surface area contributed by atoms with Gasteiger partial charge in [-0.1, -0.05) is 25.0 Å². The smallest absolute Gasteiger partial charge is 0.165 e. The molecule has 2 rings (SSSR count). The van der Waals surface area contributed by atoms with Gasteiger partial charge in [-0.05, 0) is 25.2 Å². The Hall–Kier alpha value is -0.630. The third-order valence-corrected chi connectivity index (χ3v) is 3.52. The minimum absolute atomic E-state index is 0.181. The number of methoxy groups -OCH3 is 1. The summed E-state index contributed by atoms with van der Waals surface area (Å²) in [6, 6.07) is 0. The highest BCUT2D eigenvalue weighted by Gasteiger charge is 2.34. The summed E-state index contributed by atoms with van der Waals surface area (Å²) >= 11 is 0. The molecule has 0 N–H and O–H groups in total. The molecule has 3 atom stereocenters. The molecule has 2 aliphatic carbocycles. The van der Waals surface area contributed by atoms with Gasteiger partial charge in [0.15, 0.2) is 5.78 Å². The number of ketones is 1. The van der Waals surface area contributed by atoms with Crippen LogP contribution in [0.15, 0.2) is 12.2 Å². The number of fused-ring (bicyclic) bond motifs is 1. The Kier molecular flexibility index (Phi) is 3.02. The lowest BCUT2D eigenvalue weighted by molar-refractivity contribution is -0.134. The molecule has 0 saturated heterocycles. The third kappa shape index (κ3) is 1.76. The highest BCUT2D eigenvalue weighted by atomic mass is 16.5. The fourth-order valence-electron chi connectivity index (χ4n) is 2.69. The second-order valence-corrected chi connectivity index (χ2v) is 4.35. The molecule has 0 amide bonds. The Morgan fingerprint density at radius 3 is 2.93 bits per heavy atom. The highest BCUT2D eigenvalue weighted by Crippen LogP contribution is 2.34. The molecule has 0 aromatic rings. The molecule has 2 heteroatoms. The minimum atomic E-state index is -0.181. The van der Waals surface area contributed by atoms with Gasteiger partial charge in [-0.3, -0.25) is 4.79 Å². The molecule has 2 nitrogen and oxygen atoms in total. The van der Waals surface area contributed by atoms with Gasteiger partial charge in [0.1, 0.15) is 6.10 Å². The molecule has 1 saturated carbocycles. The molecule has 0 bridgehead atoms. The van der Waals surface area contributed by atoms with Crippen LogP contribution in [0.2, 0.25) is 0 Å². The molecule has 14 heavy (non-hydrogen) atoms. The molecule has 0 spiro atoms. The van der Waals surface area contributed by atoms with Gasteiger partial charge in [0.2, 0.25) is 0 Å². The molecule has 0 radical (unpaired) electrons. The number of carbonyl (C=O) groups is 1. The molecule has 0 heterocycles. The predicted molar refractivity (Wildman–Crippen MR) is 55.0 cm³/mol. The summed E-state index contributed by atoms with van der Waals surface area (Å²) < 4.78 is 5.23. The van der Waals surface area contributed by atoms with Crippen LogP contribution < -0.4 is 0 Å². The zero-order chi connectivity index (χ0) is 9.97. The molecular weight excluding hydrogens is 176 g/mol. The summed E-state index contributed by atoms with van der Waals surface area (Å²) in [5, 5.41) is 0. The van der Waals surface area contributed by atoms with Crippen molar-refractivity contribution >= 4 is 5.78 Å². The van der Waals surface area contributed by atoms with Crippen LogP contribution in [0.1, 0.15) is 32.1 Å². The fraction of sp³-hybridized carbons (Fsp3) is 0.750. The van der Waals surface area contributed by atoms with E-state index in [2.05, 4.69) is 12.2 Å². The van der Waals surface area contributed by atoms with Crippen LogP contribution in [0.4, 0.5) is 0 Å². The lowest BCUT2D eigenvalue weighted by Gasteiger charge is -2.28. The normalized spacial score (nSPS) is 37.8. The van der Waals surface area contributed by atoms with Crippen molar-refractivity contribution in [2.24, 2.45) is 11.8 Å². The van der Waals surface area contributed by atoms with Crippen molar-refractivity contribution in [3.63, 3.8) is 0 Å². The number of allylic oxidation sites excluding steroid dienone is 1. The highest BCUT2D eigenvalue weighted by molar-refractivity contribution is 5.86. The van der Waals surface area contributed by atoms with Crippen LogP contribution in [0.3, 0.4) is 0 Å². The zero-order valence-electron chi connectivity index (χ0n) is 8.74. The lowest BCUT2D eigenvalue weighted by Crippen LogP contribution is -2.33. The van der Waals surface area contributed by atoms with Gasteiger partial charge in [-0.15, -0.1) is 0 Å². The Balaban J connectivity index is 2.15. The topological polar surface area (TPSA) is 26.3 Å². The molecule has 1 fully saturated rings. The standard InChI is InChI=1S/C12H18O2/c1-14-11-8-4-6-9-5-2-3-7-10(9)12(11)13/h4,6,9-11H,2-3,5,7-8H2,1H3/t9-,10+,11-/m1/s1. The fourth-order valence-corrected chi connectivity index (χ4v) is 2.69. The second kappa shape index (κ2) is 4.26. The second-order valence-electron chi connectivity index (χ2n) is 4.35.